The molecule has 0 bridgehead atoms. The first-order valence-corrected chi connectivity index (χ1v) is 11.5. The fraction of sp³-hybridized carbons (Fsp3) is 0.238. The zero-order valence-electron chi connectivity index (χ0n) is 16.4. The molecule has 0 unspecified atom stereocenters. The number of amides is 1. The van der Waals surface area contributed by atoms with E-state index < -0.39 is 9.84 Å². The fourth-order valence-corrected chi connectivity index (χ4v) is 4.83. The topological polar surface area (TPSA) is 85.4 Å². The maximum Gasteiger partial charge on any atom is 0.227 e. The van der Waals surface area contributed by atoms with Crippen LogP contribution in [0.15, 0.2) is 53.4 Å². The second-order valence-corrected chi connectivity index (χ2v) is 9.89. The van der Waals surface area contributed by atoms with E-state index in [4.69, 9.17) is 4.74 Å². The highest BCUT2D eigenvalue weighted by Gasteiger charge is 2.18. The van der Waals surface area contributed by atoms with Gasteiger partial charge >= 0.3 is 0 Å². The van der Waals surface area contributed by atoms with Crippen molar-refractivity contribution in [1.82, 2.24) is 4.98 Å². The van der Waals surface area contributed by atoms with Crippen molar-refractivity contribution in [3.05, 3.63) is 59.0 Å². The van der Waals surface area contributed by atoms with E-state index in [1.54, 1.807) is 31.4 Å². The summed E-state index contributed by atoms with van der Waals surface area (Å²) < 4.78 is 29.9. The summed E-state index contributed by atoms with van der Waals surface area (Å²) in [6, 6.07) is 14.1. The van der Waals surface area contributed by atoms with Gasteiger partial charge in [-0.2, -0.15) is 0 Å². The molecule has 0 aliphatic rings. The zero-order chi connectivity index (χ0) is 21.0. The Balaban J connectivity index is 1.64. The number of rotatable bonds is 7. The lowest BCUT2D eigenvalue weighted by Crippen LogP contribution is -2.17. The molecular weight excluding hydrogens is 408 g/mol. The summed E-state index contributed by atoms with van der Waals surface area (Å²) in [5, 5.41) is 3.16. The number of sulfone groups is 1. The van der Waals surface area contributed by atoms with Crippen molar-refractivity contribution in [3.63, 3.8) is 0 Å². The number of aryl methyl sites for hydroxylation is 2. The number of carbonyl (C=O) groups excluding carboxylic acids is 1. The number of aromatic nitrogens is 1. The van der Waals surface area contributed by atoms with Crippen LogP contribution < -0.4 is 10.1 Å². The highest BCUT2D eigenvalue weighted by Crippen LogP contribution is 2.31. The number of nitrogens with one attached hydrogen (secondary N) is 1. The fourth-order valence-electron chi connectivity index (χ4n) is 2.74. The Labute approximate surface area is 174 Å². The van der Waals surface area contributed by atoms with Gasteiger partial charge in [0.2, 0.25) is 5.91 Å². The van der Waals surface area contributed by atoms with E-state index in [-0.39, 0.29) is 23.0 Å². The smallest absolute Gasteiger partial charge is 0.227 e. The highest BCUT2D eigenvalue weighted by atomic mass is 32.2. The number of anilines is 1. The van der Waals surface area contributed by atoms with Crippen LogP contribution in [-0.4, -0.2) is 32.2 Å². The number of ether oxygens (including phenoxy) is 1. The van der Waals surface area contributed by atoms with Gasteiger partial charge in [-0.25, -0.2) is 13.4 Å². The van der Waals surface area contributed by atoms with Crippen molar-refractivity contribution in [3.8, 4) is 17.0 Å². The average Bonchev–Trinajstić information content (AvgIpc) is 3.07. The Kier molecular flexibility index (Phi) is 6.34. The molecule has 0 saturated heterocycles. The van der Waals surface area contributed by atoms with Crippen LogP contribution in [0.3, 0.4) is 0 Å². The predicted molar refractivity (Wildman–Crippen MR) is 115 cm³/mol. The Morgan fingerprint density at radius 3 is 2.34 bits per heavy atom. The van der Waals surface area contributed by atoms with Gasteiger partial charge in [0, 0.05) is 16.9 Å². The maximum absolute atomic E-state index is 12.4. The molecule has 3 rings (SSSR count). The standard InChI is InChI=1S/C21H22N2O4S2/c1-14-4-10-18(11-5-14)29(25,26)13-12-19(24)22-21-23-20(15(2)28-21)16-6-8-17(27-3)9-7-16/h4-11H,12-13H2,1-3H3,(H,22,23,24). The first-order chi connectivity index (χ1) is 13.8. The molecule has 0 aliphatic heterocycles. The van der Waals surface area contributed by atoms with Crippen molar-refractivity contribution >= 4 is 32.2 Å². The van der Waals surface area contributed by atoms with Gasteiger partial charge < -0.3 is 10.1 Å². The van der Waals surface area contributed by atoms with Crippen molar-refractivity contribution in [2.24, 2.45) is 0 Å². The van der Waals surface area contributed by atoms with Crippen LogP contribution in [0, 0.1) is 13.8 Å². The van der Waals surface area contributed by atoms with Gasteiger partial charge in [0.1, 0.15) is 5.75 Å². The third-order valence-corrected chi connectivity index (χ3v) is 7.00. The summed E-state index contributed by atoms with van der Waals surface area (Å²) in [6.07, 6.45) is -0.132. The number of carbonyl (C=O) groups is 1. The second-order valence-electron chi connectivity index (χ2n) is 6.58. The molecule has 0 fully saturated rings. The zero-order valence-corrected chi connectivity index (χ0v) is 18.1. The van der Waals surface area contributed by atoms with Crippen molar-refractivity contribution in [2.75, 3.05) is 18.2 Å². The minimum atomic E-state index is -3.51. The van der Waals surface area contributed by atoms with Gasteiger partial charge in [0.05, 0.1) is 23.5 Å². The lowest BCUT2D eigenvalue weighted by molar-refractivity contribution is -0.115. The minimum absolute atomic E-state index is 0.132. The highest BCUT2D eigenvalue weighted by molar-refractivity contribution is 7.91. The first-order valence-electron chi connectivity index (χ1n) is 8.99. The third kappa shape index (κ3) is 5.21. The van der Waals surface area contributed by atoms with E-state index in [1.807, 2.05) is 38.1 Å². The van der Waals surface area contributed by atoms with Crippen molar-refractivity contribution in [1.29, 1.82) is 0 Å². The molecule has 0 spiro atoms. The van der Waals surface area contributed by atoms with Gasteiger partial charge in [0.25, 0.3) is 0 Å². The molecule has 2 aromatic carbocycles. The largest absolute Gasteiger partial charge is 0.497 e. The molecule has 1 N–H and O–H groups in total. The summed E-state index contributed by atoms with van der Waals surface area (Å²) in [5.74, 6) is 0.123. The summed E-state index contributed by atoms with van der Waals surface area (Å²) >= 11 is 1.36. The Morgan fingerprint density at radius 1 is 1.07 bits per heavy atom. The molecule has 29 heavy (non-hydrogen) atoms. The molecule has 1 aromatic heterocycles. The van der Waals surface area contributed by atoms with Gasteiger partial charge in [-0.15, -0.1) is 11.3 Å². The number of hydrogen-bond donors (Lipinski definition) is 1. The van der Waals surface area contributed by atoms with E-state index in [0.29, 0.717) is 5.13 Å². The summed E-state index contributed by atoms with van der Waals surface area (Å²) in [4.78, 5) is 17.9. The van der Waals surface area contributed by atoms with Crippen LogP contribution in [-0.2, 0) is 14.6 Å². The summed E-state index contributed by atoms with van der Waals surface area (Å²) in [5.41, 5.74) is 2.68. The van der Waals surface area contributed by atoms with Crippen LogP contribution in [0.5, 0.6) is 5.75 Å². The Morgan fingerprint density at radius 2 is 1.72 bits per heavy atom. The lowest BCUT2D eigenvalue weighted by atomic mass is 10.1. The molecule has 3 aromatic rings. The minimum Gasteiger partial charge on any atom is -0.497 e. The number of thiazole rings is 1. The van der Waals surface area contributed by atoms with Gasteiger partial charge in [-0.1, -0.05) is 17.7 Å². The molecule has 6 nitrogen and oxygen atoms in total. The second kappa shape index (κ2) is 8.75. The van der Waals surface area contributed by atoms with Gasteiger partial charge in [-0.3, -0.25) is 4.79 Å². The number of benzene rings is 2. The summed E-state index contributed by atoms with van der Waals surface area (Å²) in [7, 11) is -1.90. The molecule has 1 heterocycles. The third-order valence-electron chi connectivity index (χ3n) is 4.38. The van der Waals surface area contributed by atoms with Crippen LogP contribution >= 0.6 is 11.3 Å². The van der Waals surface area contributed by atoms with E-state index >= 15 is 0 Å². The summed E-state index contributed by atoms with van der Waals surface area (Å²) in [6.45, 7) is 3.81. The number of nitrogens with zero attached hydrogens (tertiary/aromatic N) is 1. The average molecular weight is 431 g/mol. The van der Waals surface area contributed by atoms with Crippen LogP contribution in [0.2, 0.25) is 0 Å². The van der Waals surface area contributed by atoms with Crippen LogP contribution in [0.25, 0.3) is 11.3 Å². The molecule has 0 atom stereocenters. The molecule has 0 saturated carbocycles. The van der Waals surface area contributed by atoms with E-state index in [9.17, 15) is 13.2 Å². The quantitative estimate of drug-likeness (QED) is 0.606. The molecule has 1 amide bonds. The SMILES string of the molecule is COc1ccc(-c2nc(NC(=O)CCS(=O)(=O)c3ccc(C)cc3)sc2C)cc1. The monoisotopic (exact) mass is 430 g/mol. The molecule has 152 valence electrons. The van der Waals surface area contributed by atoms with E-state index in [2.05, 4.69) is 10.3 Å². The van der Waals surface area contributed by atoms with E-state index in [0.717, 1.165) is 27.4 Å². The number of hydrogen-bond acceptors (Lipinski definition) is 6. The van der Waals surface area contributed by atoms with Crippen LogP contribution in [0.4, 0.5) is 5.13 Å². The van der Waals surface area contributed by atoms with Crippen molar-refractivity contribution in [2.45, 2.75) is 25.2 Å². The van der Waals surface area contributed by atoms with Gasteiger partial charge in [0.15, 0.2) is 15.0 Å². The van der Waals surface area contributed by atoms with Gasteiger partial charge in [-0.05, 0) is 50.2 Å². The van der Waals surface area contributed by atoms with E-state index in [1.165, 1.54) is 11.3 Å². The Bertz CT molecular complexity index is 1100. The molecule has 0 aliphatic carbocycles. The molecule has 0 radical (unpaired) electrons. The maximum atomic E-state index is 12.4. The van der Waals surface area contributed by atoms with Crippen molar-refractivity contribution < 1.29 is 17.9 Å². The normalized spacial score (nSPS) is 11.3. The molecule has 8 heteroatoms. The predicted octanol–water partition coefficient (Wildman–Crippen LogP) is 4.24. The Hall–Kier alpha value is -2.71. The van der Waals surface area contributed by atoms with Crippen LogP contribution in [0.1, 0.15) is 16.9 Å². The lowest BCUT2D eigenvalue weighted by Gasteiger charge is -2.05. The first kappa shape index (κ1) is 21.0. The number of methoxy groups -OCH3 is 1. The molecular formula is C21H22N2O4S2.